The minimum absolute atomic E-state index is 0. The van der Waals surface area contributed by atoms with Gasteiger partial charge in [0.05, 0.1) is 0 Å². The van der Waals surface area contributed by atoms with Crippen molar-refractivity contribution >= 4 is 36.0 Å². The van der Waals surface area contributed by atoms with Crippen LogP contribution < -0.4 is 5.32 Å². The zero-order valence-electron chi connectivity index (χ0n) is 17.9. The van der Waals surface area contributed by atoms with Crippen molar-refractivity contribution in [3.8, 4) is 0 Å². The minimum atomic E-state index is 0. The van der Waals surface area contributed by atoms with Gasteiger partial charge in [-0.2, -0.15) is 0 Å². The van der Waals surface area contributed by atoms with E-state index in [2.05, 4.69) is 68.3 Å². The summed E-state index contributed by atoms with van der Waals surface area (Å²) in [5.41, 5.74) is 2.81. The van der Waals surface area contributed by atoms with Crippen molar-refractivity contribution < 1.29 is 0 Å². The molecule has 2 aromatic rings. The molecule has 0 unspecified atom stereocenters. The van der Waals surface area contributed by atoms with Crippen LogP contribution in [0.5, 0.6) is 0 Å². The van der Waals surface area contributed by atoms with Crippen LogP contribution in [0.1, 0.15) is 56.2 Å². The molecule has 0 radical (unpaired) electrons. The number of aromatic nitrogens is 3. The van der Waals surface area contributed by atoms with Crippen LogP contribution in [-0.2, 0) is 19.5 Å². The van der Waals surface area contributed by atoms with Crippen molar-refractivity contribution in [2.45, 2.75) is 58.5 Å². The number of halogens is 1. The summed E-state index contributed by atoms with van der Waals surface area (Å²) < 4.78 is 2.29. The molecule has 162 valence electrons. The maximum atomic E-state index is 4.92. The SMILES string of the molecule is CCNC(=NCc1nnc2n1CCCCC2)N1CCC(=Cc2ccccc2)CC1.I. The maximum Gasteiger partial charge on any atom is 0.194 e. The Morgan fingerprint density at radius 3 is 2.60 bits per heavy atom. The van der Waals surface area contributed by atoms with E-state index in [1.165, 1.54) is 30.4 Å². The van der Waals surface area contributed by atoms with Crippen molar-refractivity contribution in [1.82, 2.24) is 25.0 Å². The lowest BCUT2D eigenvalue weighted by Gasteiger charge is -2.31. The predicted octanol–water partition coefficient (Wildman–Crippen LogP) is 4.27. The Morgan fingerprint density at radius 1 is 1.03 bits per heavy atom. The van der Waals surface area contributed by atoms with Crippen LogP contribution >= 0.6 is 24.0 Å². The highest BCUT2D eigenvalue weighted by atomic mass is 127. The van der Waals surface area contributed by atoms with Gasteiger partial charge in [0.1, 0.15) is 12.4 Å². The van der Waals surface area contributed by atoms with Gasteiger partial charge in [-0.1, -0.05) is 48.4 Å². The van der Waals surface area contributed by atoms with Crippen molar-refractivity contribution in [2.24, 2.45) is 4.99 Å². The number of piperidine rings is 1. The molecule has 2 aliphatic heterocycles. The van der Waals surface area contributed by atoms with E-state index in [4.69, 9.17) is 4.99 Å². The zero-order chi connectivity index (χ0) is 19.9. The third-order valence-corrected chi connectivity index (χ3v) is 5.77. The number of nitrogens with zero attached hydrogens (tertiary/aromatic N) is 5. The summed E-state index contributed by atoms with van der Waals surface area (Å²) in [4.78, 5) is 7.30. The highest BCUT2D eigenvalue weighted by Gasteiger charge is 2.18. The molecule has 1 aromatic carbocycles. The Labute approximate surface area is 196 Å². The molecule has 0 atom stereocenters. The summed E-state index contributed by atoms with van der Waals surface area (Å²) in [6.45, 7) is 6.63. The number of hydrogen-bond donors (Lipinski definition) is 1. The summed E-state index contributed by atoms with van der Waals surface area (Å²) >= 11 is 0. The quantitative estimate of drug-likeness (QED) is 0.372. The molecule has 1 fully saturated rings. The second kappa shape index (κ2) is 11.5. The van der Waals surface area contributed by atoms with Gasteiger partial charge in [0.25, 0.3) is 0 Å². The van der Waals surface area contributed by atoms with Gasteiger partial charge in [-0.15, -0.1) is 34.2 Å². The van der Waals surface area contributed by atoms with Gasteiger partial charge in [0.15, 0.2) is 11.8 Å². The Kier molecular flexibility index (Phi) is 8.72. The van der Waals surface area contributed by atoms with E-state index in [0.717, 1.165) is 63.0 Å². The normalized spacial score (nSPS) is 17.0. The number of aryl methyl sites for hydroxylation is 1. The molecule has 2 aliphatic rings. The molecule has 1 saturated heterocycles. The fraction of sp³-hybridized carbons (Fsp3) is 0.522. The number of benzene rings is 1. The van der Waals surface area contributed by atoms with Gasteiger partial charge in [-0.25, -0.2) is 4.99 Å². The van der Waals surface area contributed by atoms with Gasteiger partial charge in [0, 0.05) is 32.6 Å². The largest absolute Gasteiger partial charge is 0.357 e. The Bertz CT molecular complexity index is 848. The van der Waals surface area contributed by atoms with Crippen molar-refractivity contribution in [2.75, 3.05) is 19.6 Å². The van der Waals surface area contributed by atoms with Crippen LogP contribution in [0.3, 0.4) is 0 Å². The lowest BCUT2D eigenvalue weighted by molar-refractivity contribution is 0.375. The van der Waals surface area contributed by atoms with Crippen LogP contribution in [0.2, 0.25) is 0 Å². The third-order valence-electron chi connectivity index (χ3n) is 5.77. The van der Waals surface area contributed by atoms with Crippen molar-refractivity contribution in [1.29, 1.82) is 0 Å². The monoisotopic (exact) mass is 520 g/mol. The van der Waals surface area contributed by atoms with Crippen LogP contribution in [0.4, 0.5) is 0 Å². The van der Waals surface area contributed by atoms with Gasteiger partial charge in [-0.05, 0) is 38.2 Å². The number of hydrogen-bond acceptors (Lipinski definition) is 3. The first-order valence-corrected chi connectivity index (χ1v) is 11.0. The molecule has 6 nitrogen and oxygen atoms in total. The Balaban J connectivity index is 0.00000256. The molecule has 0 amide bonds. The molecule has 0 bridgehead atoms. The molecule has 3 heterocycles. The van der Waals surface area contributed by atoms with Gasteiger partial charge in [-0.3, -0.25) is 0 Å². The molecular formula is C23H33IN6. The van der Waals surface area contributed by atoms with E-state index in [9.17, 15) is 0 Å². The minimum Gasteiger partial charge on any atom is -0.357 e. The third kappa shape index (κ3) is 5.83. The molecule has 1 aromatic heterocycles. The number of aliphatic imine (C=N–C) groups is 1. The van der Waals surface area contributed by atoms with E-state index in [-0.39, 0.29) is 24.0 Å². The lowest BCUT2D eigenvalue weighted by atomic mass is 10.0. The maximum absolute atomic E-state index is 4.92. The van der Waals surface area contributed by atoms with Crippen molar-refractivity contribution in [3.63, 3.8) is 0 Å². The van der Waals surface area contributed by atoms with Crippen LogP contribution in [0, 0.1) is 0 Å². The summed E-state index contributed by atoms with van der Waals surface area (Å²) in [5, 5.41) is 12.3. The lowest BCUT2D eigenvalue weighted by Crippen LogP contribution is -2.44. The average Bonchev–Trinajstić information content (AvgIpc) is 2.98. The Hall–Kier alpha value is -1.90. The van der Waals surface area contributed by atoms with Gasteiger partial charge in [0.2, 0.25) is 0 Å². The smallest absolute Gasteiger partial charge is 0.194 e. The number of rotatable bonds is 4. The fourth-order valence-corrected chi connectivity index (χ4v) is 4.17. The molecule has 0 spiro atoms. The molecule has 0 saturated carbocycles. The second-order valence-electron chi connectivity index (χ2n) is 7.87. The first kappa shape index (κ1) is 22.8. The number of likely N-dealkylation sites (tertiary alicyclic amines) is 1. The summed E-state index contributed by atoms with van der Waals surface area (Å²) in [7, 11) is 0. The number of nitrogens with one attached hydrogen (secondary N) is 1. The van der Waals surface area contributed by atoms with E-state index < -0.39 is 0 Å². The molecule has 30 heavy (non-hydrogen) atoms. The highest BCUT2D eigenvalue weighted by molar-refractivity contribution is 14.0. The van der Waals surface area contributed by atoms with Gasteiger partial charge >= 0.3 is 0 Å². The van der Waals surface area contributed by atoms with Crippen LogP contribution in [0.15, 0.2) is 40.9 Å². The first-order valence-electron chi connectivity index (χ1n) is 11.0. The topological polar surface area (TPSA) is 58.3 Å². The van der Waals surface area contributed by atoms with E-state index >= 15 is 0 Å². The Morgan fingerprint density at radius 2 is 1.83 bits per heavy atom. The summed E-state index contributed by atoms with van der Waals surface area (Å²) in [6, 6.07) is 10.6. The molecule has 4 rings (SSSR count). The zero-order valence-corrected chi connectivity index (χ0v) is 20.2. The molecule has 1 N–H and O–H groups in total. The number of fused-ring (bicyclic) bond motifs is 1. The van der Waals surface area contributed by atoms with E-state index in [1.807, 2.05) is 0 Å². The standard InChI is InChI=1S/C23H32N6.HI/c1-2-24-23(25-18-22-27-26-21-11-7-4-8-14-29(21)22)28-15-12-20(13-16-28)17-19-9-5-3-6-10-19;/h3,5-6,9-10,17H,2,4,7-8,11-16,18H2,1H3,(H,24,25);1H. The van der Waals surface area contributed by atoms with Crippen LogP contribution in [0.25, 0.3) is 6.08 Å². The molecular weight excluding hydrogens is 487 g/mol. The molecule has 0 aliphatic carbocycles. The van der Waals surface area contributed by atoms with Gasteiger partial charge < -0.3 is 14.8 Å². The predicted molar refractivity (Wildman–Crippen MR) is 133 cm³/mol. The highest BCUT2D eigenvalue weighted by Crippen LogP contribution is 2.20. The van der Waals surface area contributed by atoms with E-state index in [0.29, 0.717) is 6.54 Å². The van der Waals surface area contributed by atoms with Crippen LogP contribution in [-0.4, -0.2) is 45.3 Å². The van der Waals surface area contributed by atoms with E-state index in [1.54, 1.807) is 0 Å². The number of guanidine groups is 1. The van der Waals surface area contributed by atoms with Crippen molar-refractivity contribution in [3.05, 3.63) is 53.1 Å². The average molecular weight is 520 g/mol. The second-order valence-corrected chi connectivity index (χ2v) is 7.87. The summed E-state index contributed by atoms with van der Waals surface area (Å²) in [5.74, 6) is 3.13. The first-order chi connectivity index (χ1) is 14.3. The fourth-order valence-electron chi connectivity index (χ4n) is 4.17. The molecule has 7 heteroatoms. The summed E-state index contributed by atoms with van der Waals surface area (Å²) in [6.07, 6.45) is 9.26.